The van der Waals surface area contributed by atoms with Gasteiger partial charge in [-0.25, -0.2) is 0 Å². The van der Waals surface area contributed by atoms with Crippen molar-refractivity contribution in [3.63, 3.8) is 0 Å². The molecule has 2 atom stereocenters. The van der Waals surface area contributed by atoms with E-state index in [9.17, 15) is 4.79 Å². The minimum Gasteiger partial charge on any atom is -0.350 e. The van der Waals surface area contributed by atoms with E-state index >= 15 is 0 Å². The monoisotopic (exact) mass is 258 g/mol. The number of carbonyl (C=O) groups excluding carboxylic acids is 1. The van der Waals surface area contributed by atoms with Gasteiger partial charge in [-0.3, -0.25) is 4.79 Å². The zero-order valence-corrected chi connectivity index (χ0v) is 11.7. The molecule has 1 fully saturated rings. The number of nitrogens with two attached hydrogens (primary N) is 1. The van der Waals surface area contributed by atoms with Gasteiger partial charge in [-0.2, -0.15) is 0 Å². The van der Waals surface area contributed by atoms with Gasteiger partial charge in [0.15, 0.2) is 0 Å². The minimum absolute atomic E-state index is 0.130. The maximum absolute atomic E-state index is 12.4. The van der Waals surface area contributed by atoms with Crippen LogP contribution in [0.15, 0.2) is 24.3 Å². The van der Waals surface area contributed by atoms with E-state index in [-0.39, 0.29) is 22.8 Å². The first kappa shape index (κ1) is 12.7. The molecule has 3 N–H and O–H groups in total. The van der Waals surface area contributed by atoms with E-state index in [1.165, 1.54) is 11.1 Å². The van der Waals surface area contributed by atoms with Crippen LogP contribution in [0.3, 0.4) is 0 Å². The van der Waals surface area contributed by atoms with Crippen molar-refractivity contribution in [2.24, 2.45) is 11.7 Å². The Hall–Kier alpha value is -1.35. The van der Waals surface area contributed by atoms with Gasteiger partial charge in [0.2, 0.25) is 5.91 Å². The third-order valence-corrected chi connectivity index (χ3v) is 4.76. The van der Waals surface area contributed by atoms with Crippen molar-refractivity contribution in [3.05, 3.63) is 35.4 Å². The number of hydrogen-bond acceptors (Lipinski definition) is 2. The fraction of sp³-hybridized carbons (Fsp3) is 0.562. The fourth-order valence-corrected chi connectivity index (χ4v) is 3.41. The molecule has 0 bridgehead atoms. The van der Waals surface area contributed by atoms with E-state index in [1.54, 1.807) is 0 Å². The van der Waals surface area contributed by atoms with Gasteiger partial charge in [-0.15, -0.1) is 0 Å². The molecule has 0 radical (unpaired) electrons. The van der Waals surface area contributed by atoms with Gasteiger partial charge in [0.25, 0.3) is 0 Å². The first-order valence-corrected chi connectivity index (χ1v) is 7.09. The average molecular weight is 258 g/mol. The van der Waals surface area contributed by atoms with Crippen LogP contribution in [0.25, 0.3) is 0 Å². The smallest absolute Gasteiger partial charge is 0.224 e. The predicted octanol–water partition coefficient (Wildman–Crippen LogP) is 1.74. The lowest BCUT2D eigenvalue weighted by molar-refractivity contribution is -0.124. The van der Waals surface area contributed by atoms with Crippen molar-refractivity contribution in [1.29, 1.82) is 0 Å². The molecule has 0 heterocycles. The summed E-state index contributed by atoms with van der Waals surface area (Å²) in [5.74, 6) is 0.314. The van der Waals surface area contributed by atoms with Crippen LogP contribution in [0, 0.1) is 5.92 Å². The van der Waals surface area contributed by atoms with Gasteiger partial charge in [0, 0.05) is 23.4 Å². The van der Waals surface area contributed by atoms with E-state index in [1.807, 2.05) is 13.8 Å². The van der Waals surface area contributed by atoms with Crippen LogP contribution < -0.4 is 11.1 Å². The number of carbonyl (C=O) groups is 1. The van der Waals surface area contributed by atoms with Crippen LogP contribution in [0.2, 0.25) is 0 Å². The summed E-state index contributed by atoms with van der Waals surface area (Å²) in [7, 11) is 0. The lowest BCUT2D eigenvalue weighted by Crippen LogP contribution is -2.50. The van der Waals surface area contributed by atoms with E-state index < -0.39 is 0 Å². The molecule has 2 unspecified atom stereocenters. The molecular formula is C16H22N2O. The van der Waals surface area contributed by atoms with Gasteiger partial charge >= 0.3 is 0 Å². The molecular weight excluding hydrogens is 236 g/mol. The second-order valence-electron chi connectivity index (χ2n) is 6.65. The quantitative estimate of drug-likeness (QED) is 0.867. The minimum atomic E-state index is -0.307. The number of aryl methyl sites for hydroxylation is 1. The molecule has 1 amide bonds. The van der Waals surface area contributed by atoms with Crippen molar-refractivity contribution in [2.45, 2.75) is 44.1 Å². The molecule has 3 rings (SSSR count). The van der Waals surface area contributed by atoms with E-state index in [0.29, 0.717) is 6.54 Å². The van der Waals surface area contributed by atoms with Gasteiger partial charge in [-0.1, -0.05) is 24.3 Å². The van der Waals surface area contributed by atoms with Crippen molar-refractivity contribution < 1.29 is 4.79 Å². The summed E-state index contributed by atoms with van der Waals surface area (Å²) in [4.78, 5) is 12.4. The van der Waals surface area contributed by atoms with Crippen LogP contribution in [-0.2, 0) is 16.6 Å². The molecule has 2 aliphatic rings. The summed E-state index contributed by atoms with van der Waals surface area (Å²) in [5.41, 5.74) is 8.34. The second-order valence-corrected chi connectivity index (χ2v) is 6.65. The number of rotatable bonds is 3. The lowest BCUT2D eigenvalue weighted by atomic mass is 9.94. The van der Waals surface area contributed by atoms with E-state index in [0.717, 1.165) is 19.3 Å². The predicted molar refractivity (Wildman–Crippen MR) is 75.8 cm³/mol. The highest BCUT2D eigenvalue weighted by Gasteiger charge is 2.61. The number of hydrogen-bond donors (Lipinski definition) is 2. The maximum Gasteiger partial charge on any atom is 0.224 e. The number of benzene rings is 1. The van der Waals surface area contributed by atoms with Crippen LogP contribution in [-0.4, -0.2) is 18.0 Å². The molecule has 0 saturated heterocycles. The Kier molecular flexibility index (Phi) is 2.72. The van der Waals surface area contributed by atoms with Gasteiger partial charge in [0.1, 0.15) is 0 Å². The molecule has 0 aromatic heterocycles. The summed E-state index contributed by atoms with van der Waals surface area (Å²) in [6.07, 6.45) is 3.23. The molecule has 102 valence electrons. The Labute approximate surface area is 114 Å². The van der Waals surface area contributed by atoms with Crippen LogP contribution in [0.4, 0.5) is 0 Å². The Morgan fingerprint density at radius 2 is 2.21 bits per heavy atom. The Balaban J connectivity index is 1.77. The number of nitrogens with one attached hydrogen (secondary N) is 1. The standard InChI is InChI=1S/C16H22N2O/c1-15(2,10-17)18-14(19)13-9-16(13)8-7-11-5-3-4-6-12(11)16/h3-6,13H,7-10,17H2,1-2H3,(H,18,19). The summed E-state index contributed by atoms with van der Waals surface area (Å²) in [6, 6.07) is 8.57. The van der Waals surface area contributed by atoms with Gasteiger partial charge in [-0.05, 0) is 44.2 Å². The number of fused-ring (bicyclic) bond motifs is 2. The average Bonchev–Trinajstić information content (AvgIpc) is 3.00. The first-order chi connectivity index (χ1) is 8.98. The zero-order chi connectivity index (χ0) is 13.7. The van der Waals surface area contributed by atoms with Crippen LogP contribution >= 0.6 is 0 Å². The van der Waals surface area contributed by atoms with E-state index in [2.05, 4.69) is 29.6 Å². The Bertz CT molecular complexity index is 523. The second kappa shape index (κ2) is 4.07. The SMILES string of the molecule is CC(C)(CN)NC(=O)C1CC12CCc1ccccc12. The summed E-state index contributed by atoms with van der Waals surface area (Å²) in [5, 5.41) is 3.09. The first-order valence-electron chi connectivity index (χ1n) is 7.09. The summed E-state index contributed by atoms with van der Waals surface area (Å²) in [6.45, 7) is 4.42. The molecule has 1 aromatic rings. The highest BCUT2D eigenvalue weighted by molar-refractivity contribution is 5.85. The molecule has 3 nitrogen and oxygen atoms in total. The molecule has 3 heteroatoms. The third-order valence-electron chi connectivity index (χ3n) is 4.76. The molecule has 1 aromatic carbocycles. The maximum atomic E-state index is 12.4. The largest absolute Gasteiger partial charge is 0.350 e. The van der Waals surface area contributed by atoms with Crippen LogP contribution in [0.5, 0.6) is 0 Å². The van der Waals surface area contributed by atoms with Crippen molar-refractivity contribution in [2.75, 3.05) is 6.54 Å². The topological polar surface area (TPSA) is 55.1 Å². The van der Waals surface area contributed by atoms with Gasteiger partial charge in [0.05, 0.1) is 0 Å². The molecule has 19 heavy (non-hydrogen) atoms. The Morgan fingerprint density at radius 1 is 1.47 bits per heavy atom. The normalized spacial score (nSPS) is 28.3. The third kappa shape index (κ3) is 1.96. The molecule has 1 saturated carbocycles. The molecule has 0 aliphatic heterocycles. The van der Waals surface area contributed by atoms with E-state index in [4.69, 9.17) is 5.73 Å². The molecule has 1 spiro atoms. The highest BCUT2D eigenvalue weighted by Crippen LogP contribution is 2.61. The van der Waals surface area contributed by atoms with Gasteiger partial charge < -0.3 is 11.1 Å². The summed E-state index contributed by atoms with van der Waals surface area (Å²) < 4.78 is 0. The highest BCUT2D eigenvalue weighted by atomic mass is 16.2. The Morgan fingerprint density at radius 3 is 2.95 bits per heavy atom. The fourth-order valence-electron chi connectivity index (χ4n) is 3.41. The summed E-state index contributed by atoms with van der Waals surface area (Å²) >= 11 is 0. The number of amides is 1. The van der Waals surface area contributed by atoms with Crippen LogP contribution in [0.1, 0.15) is 37.8 Å². The van der Waals surface area contributed by atoms with Crippen molar-refractivity contribution >= 4 is 5.91 Å². The molecule has 2 aliphatic carbocycles. The van der Waals surface area contributed by atoms with Crippen molar-refractivity contribution in [1.82, 2.24) is 5.32 Å². The zero-order valence-electron chi connectivity index (χ0n) is 11.7. The lowest BCUT2D eigenvalue weighted by Gasteiger charge is -2.25. The van der Waals surface area contributed by atoms with Crippen molar-refractivity contribution in [3.8, 4) is 0 Å².